The van der Waals surface area contributed by atoms with Crippen molar-refractivity contribution in [2.75, 3.05) is 32.0 Å². The van der Waals surface area contributed by atoms with Gasteiger partial charge in [-0.3, -0.25) is 4.79 Å². The minimum Gasteiger partial charge on any atom is -0.497 e. The van der Waals surface area contributed by atoms with E-state index in [9.17, 15) is 18.0 Å². The van der Waals surface area contributed by atoms with Crippen molar-refractivity contribution in [1.29, 1.82) is 0 Å². The van der Waals surface area contributed by atoms with Gasteiger partial charge in [0.1, 0.15) is 22.9 Å². The van der Waals surface area contributed by atoms with E-state index in [4.69, 9.17) is 14.2 Å². The van der Waals surface area contributed by atoms with Gasteiger partial charge in [-0.2, -0.15) is 13.2 Å². The molecule has 0 aliphatic carbocycles. The molecule has 3 rings (SSSR count). The van der Waals surface area contributed by atoms with E-state index in [1.54, 1.807) is 18.2 Å². The number of methoxy groups -OCH3 is 3. The molecule has 164 valence electrons. The third-order valence-electron chi connectivity index (χ3n) is 4.16. The molecule has 1 aromatic heterocycles. The number of rotatable bonds is 7. The highest BCUT2D eigenvalue weighted by atomic mass is 32.1. The lowest BCUT2D eigenvalue weighted by Crippen LogP contribution is -2.14. The summed E-state index contributed by atoms with van der Waals surface area (Å²) in [6.07, 6.45) is -4.55. The summed E-state index contributed by atoms with van der Waals surface area (Å²) in [5, 5.41) is 7.33. The molecule has 0 unspecified atom stereocenters. The minimum absolute atomic E-state index is 0.0273. The number of hydrogen-bond acceptors (Lipinski definition) is 7. The van der Waals surface area contributed by atoms with Crippen LogP contribution in [0.25, 0.3) is 0 Å². The van der Waals surface area contributed by atoms with Gasteiger partial charge in [0.2, 0.25) is 0 Å². The summed E-state index contributed by atoms with van der Waals surface area (Å²) in [5.41, 5.74) is -0.388. The standard InChI is InChI=1S/C20H18F3N3O4S/c1-28-12-5-6-13(17(9-12)30-3)25-19-26-15(10-31-19)18(27)24-14-8-11(20(21,22)23)4-7-16(14)29-2/h4-10H,1-3H3,(H,24,27)(H,25,26). The highest BCUT2D eigenvalue weighted by Gasteiger charge is 2.31. The molecule has 1 heterocycles. The van der Waals surface area contributed by atoms with Crippen molar-refractivity contribution in [2.24, 2.45) is 0 Å². The predicted octanol–water partition coefficient (Wildman–Crippen LogP) is 5.18. The van der Waals surface area contributed by atoms with E-state index in [0.29, 0.717) is 22.3 Å². The van der Waals surface area contributed by atoms with Gasteiger partial charge in [-0.05, 0) is 30.3 Å². The number of benzene rings is 2. The third-order valence-corrected chi connectivity index (χ3v) is 4.92. The maximum atomic E-state index is 13.0. The van der Waals surface area contributed by atoms with Crippen molar-refractivity contribution in [3.63, 3.8) is 0 Å². The number of thiazole rings is 1. The third kappa shape index (κ3) is 5.18. The first-order chi connectivity index (χ1) is 14.7. The van der Waals surface area contributed by atoms with E-state index in [1.807, 2.05) is 0 Å². The topological polar surface area (TPSA) is 81.7 Å². The molecule has 0 bridgehead atoms. The second kappa shape index (κ2) is 9.13. The molecule has 1 amide bonds. The van der Waals surface area contributed by atoms with Crippen molar-refractivity contribution in [2.45, 2.75) is 6.18 Å². The van der Waals surface area contributed by atoms with Gasteiger partial charge in [0.25, 0.3) is 5.91 Å². The van der Waals surface area contributed by atoms with Crippen molar-refractivity contribution in [1.82, 2.24) is 4.98 Å². The number of carbonyl (C=O) groups is 1. The van der Waals surface area contributed by atoms with Gasteiger partial charge in [-0.1, -0.05) is 0 Å². The smallest absolute Gasteiger partial charge is 0.416 e. The molecule has 0 fully saturated rings. The maximum Gasteiger partial charge on any atom is 0.416 e. The lowest BCUT2D eigenvalue weighted by atomic mass is 10.1. The van der Waals surface area contributed by atoms with Gasteiger partial charge < -0.3 is 24.8 Å². The van der Waals surface area contributed by atoms with Crippen LogP contribution in [0.3, 0.4) is 0 Å². The maximum absolute atomic E-state index is 13.0. The predicted molar refractivity (Wildman–Crippen MR) is 111 cm³/mol. The minimum atomic E-state index is -4.55. The van der Waals surface area contributed by atoms with Gasteiger partial charge in [0, 0.05) is 11.4 Å². The van der Waals surface area contributed by atoms with Crippen LogP contribution in [0.4, 0.5) is 29.7 Å². The monoisotopic (exact) mass is 453 g/mol. The number of nitrogens with zero attached hydrogens (tertiary/aromatic N) is 1. The number of ether oxygens (including phenoxy) is 3. The number of nitrogens with one attached hydrogen (secondary N) is 2. The Bertz CT molecular complexity index is 1090. The van der Waals surface area contributed by atoms with E-state index in [0.717, 1.165) is 29.5 Å². The Balaban J connectivity index is 1.78. The molecule has 0 radical (unpaired) electrons. The van der Waals surface area contributed by atoms with Crippen LogP contribution >= 0.6 is 11.3 Å². The van der Waals surface area contributed by atoms with Crippen molar-refractivity contribution in [3.05, 3.63) is 53.0 Å². The molecule has 2 N–H and O–H groups in total. The fraction of sp³-hybridized carbons (Fsp3) is 0.200. The highest BCUT2D eigenvalue weighted by Crippen LogP contribution is 2.36. The molecular weight excluding hydrogens is 435 g/mol. The molecule has 0 saturated heterocycles. The highest BCUT2D eigenvalue weighted by molar-refractivity contribution is 7.14. The molecule has 7 nitrogen and oxygen atoms in total. The molecule has 0 aliphatic rings. The van der Waals surface area contributed by atoms with Crippen molar-refractivity contribution < 1.29 is 32.2 Å². The molecular formula is C20H18F3N3O4S. The number of anilines is 3. The van der Waals surface area contributed by atoms with Gasteiger partial charge in [-0.15, -0.1) is 11.3 Å². The molecule has 0 atom stereocenters. The fourth-order valence-corrected chi connectivity index (χ4v) is 3.32. The molecule has 0 spiro atoms. The Morgan fingerprint density at radius 1 is 0.968 bits per heavy atom. The fourth-order valence-electron chi connectivity index (χ4n) is 2.62. The summed E-state index contributed by atoms with van der Waals surface area (Å²) in [6, 6.07) is 7.97. The van der Waals surface area contributed by atoms with Crippen LogP contribution < -0.4 is 24.8 Å². The van der Waals surface area contributed by atoms with Crippen LogP contribution in [0.1, 0.15) is 16.1 Å². The molecule has 11 heteroatoms. The normalized spacial score (nSPS) is 11.0. The summed E-state index contributed by atoms with van der Waals surface area (Å²) in [5.74, 6) is 0.535. The summed E-state index contributed by atoms with van der Waals surface area (Å²) in [4.78, 5) is 16.7. The zero-order chi connectivity index (χ0) is 22.6. The Morgan fingerprint density at radius 2 is 1.71 bits per heavy atom. The van der Waals surface area contributed by atoms with Crippen LogP contribution in [-0.2, 0) is 6.18 Å². The van der Waals surface area contributed by atoms with E-state index >= 15 is 0 Å². The lowest BCUT2D eigenvalue weighted by molar-refractivity contribution is -0.137. The van der Waals surface area contributed by atoms with Gasteiger partial charge in [0.05, 0.1) is 38.3 Å². The van der Waals surface area contributed by atoms with Crippen molar-refractivity contribution >= 4 is 33.8 Å². The number of alkyl halides is 3. The second-order valence-corrected chi connectivity index (χ2v) is 6.95. The van der Waals surface area contributed by atoms with Crippen LogP contribution in [0.2, 0.25) is 0 Å². The molecule has 0 saturated carbocycles. The Morgan fingerprint density at radius 3 is 2.35 bits per heavy atom. The van der Waals surface area contributed by atoms with Gasteiger partial charge in [-0.25, -0.2) is 4.98 Å². The first-order valence-electron chi connectivity index (χ1n) is 8.76. The quantitative estimate of drug-likeness (QED) is 0.513. The van der Waals surface area contributed by atoms with Crippen LogP contribution in [0.15, 0.2) is 41.8 Å². The number of hydrogen-bond donors (Lipinski definition) is 2. The number of amides is 1. The van der Waals surface area contributed by atoms with E-state index in [1.165, 1.54) is 26.7 Å². The van der Waals surface area contributed by atoms with Crippen LogP contribution in [-0.4, -0.2) is 32.2 Å². The van der Waals surface area contributed by atoms with E-state index in [2.05, 4.69) is 15.6 Å². The zero-order valence-corrected chi connectivity index (χ0v) is 17.5. The number of aromatic nitrogens is 1. The average molecular weight is 453 g/mol. The Labute approximate surface area is 179 Å². The second-order valence-electron chi connectivity index (χ2n) is 6.10. The first kappa shape index (κ1) is 22.2. The summed E-state index contributed by atoms with van der Waals surface area (Å²) in [6.45, 7) is 0. The molecule has 0 aliphatic heterocycles. The summed E-state index contributed by atoms with van der Waals surface area (Å²) in [7, 11) is 4.33. The number of carbonyl (C=O) groups excluding carboxylic acids is 1. The summed E-state index contributed by atoms with van der Waals surface area (Å²) < 4.78 is 54.5. The van der Waals surface area contributed by atoms with Gasteiger partial charge >= 0.3 is 6.18 Å². The first-order valence-corrected chi connectivity index (χ1v) is 9.64. The Kier molecular flexibility index (Phi) is 6.54. The van der Waals surface area contributed by atoms with E-state index in [-0.39, 0.29) is 17.1 Å². The zero-order valence-electron chi connectivity index (χ0n) is 16.7. The average Bonchev–Trinajstić information content (AvgIpc) is 3.22. The van der Waals surface area contributed by atoms with Crippen LogP contribution in [0, 0.1) is 0 Å². The molecule has 31 heavy (non-hydrogen) atoms. The van der Waals surface area contributed by atoms with E-state index < -0.39 is 17.6 Å². The lowest BCUT2D eigenvalue weighted by Gasteiger charge is -2.13. The van der Waals surface area contributed by atoms with Crippen LogP contribution in [0.5, 0.6) is 17.2 Å². The Hall–Kier alpha value is -3.47. The summed E-state index contributed by atoms with van der Waals surface area (Å²) >= 11 is 1.15. The SMILES string of the molecule is COc1ccc(Nc2nc(C(=O)Nc3cc(C(F)(F)F)ccc3OC)cs2)c(OC)c1. The molecule has 3 aromatic rings. The largest absolute Gasteiger partial charge is 0.497 e. The van der Waals surface area contributed by atoms with Gasteiger partial charge in [0.15, 0.2) is 5.13 Å². The number of halogens is 3. The van der Waals surface area contributed by atoms with Crippen molar-refractivity contribution in [3.8, 4) is 17.2 Å². The molecule has 2 aromatic carbocycles.